The van der Waals surface area contributed by atoms with E-state index < -0.39 is 5.79 Å². The quantitative estimate of drug-likeness (QED) is 0.908. The Hall–Kier alpha value is -0.900. The van der Waals surface area contributed by atoms with Crippen molar-refractivity contribution in [1.29, 1.82) is 0 Å². The number of hydrogen-bond acceptors (Lipinski definition) is 3. The fraction of sp³-hybridized carbons (Fsp3) is 0.625. The number of nitrogens with two attached hydrogens (primary N) is 1. The highest BCUT2D eigenvalue weighted by Gasteiger charge is 2.37. The van der Waals surface area contributed by atoms with Crippen LogP contribution in [0.25, 0.3) is 0 Å². The molecule has 1 heterocycles. The van der Waals surface area contributed by atoms with E-state index in [2.05, 4.69) is 45.0 Å². The van der Waals surface area contributed by atoms with E-state index in [1.807, 2.05) is 0 Å². The third kappa shape index (κ3) is 3.16. The van der Waals surface area contributed by atoms with Crippen LogP contribution >= 0.6 is 0 Å². The molecule has 1 aromatic carbocycles. The molecule has 0 amide bonds. The van der Waals surface area contributed by atoms with E-state index in [-0.39, 0.29) is 5.41 Å². The normalized spacial score (nSPS) is 18.7. The Kier molecular flexibility index (Phi) is 4.29. The minimum atomic E-state index is -0.574. The Bertz CT molecular complexity index is 400. The van der Waals surface area contributed by atoms with Gasteiger partial charge in [0, 0.05) is 12.0 Å². The van der Waals surface area contributed by atoms with Gasteiger partial charge in [-0.25, -0.2) is 0 Å². The molecule has 0 atom stereocenters. The molecule has 1 aromatic rings. The van der Waals surface area contributed by atoms with E-state index in [4.69, 9.17) is 15.2 Å². The zero-order valence-corrected chi connectivity index (χ0v) is 12.2. The first-order valence-corrected chi connectivity index (χ1v) is 7.07. The molecule has 0 aromatic heterocycles. The molecule has 2 N–H and O–H groups in total. The third-order valence-corrected chi connectivity index (χ3v) is 3.65. The molecule has 0 radical (unpaired) electrons. The van der Waals surface area contributed by atoms with Crippen LogP contribution in [0.1, 0.15) is 44.7 Å². The highest BCUT2D eigenvalue weighted by molar-refractivity contribution is 5.30. The Balaban J connectivity index is 2.23. The number of ether oxygens (including phenoxy) is 2. The predicted molar refractivity (Wildman–Crippen MR) is 77.0 cm³/mol. The highest BCUT2D eigenvalue weighted by Crippen LogP contribution is 2.36. The minimum absolute atomic E-state index is 0.167. The summed E-state index contributed by atoms with van der Waals surface area (Å²) in [4.78, 5) is 0. The van der Waals surface area contributed by atoms with Gasteiger partial charge in [0.1, 0.15) is 0 Å². The minimum Gasteiger partial charge on any atom is -0.343 e. The summed E-state index contributed by atoms with van der Waals surface area (Å²) in [5, 5.41) is 0. The molecule has 0 bridgehead atoms. The molecule has 0 unspecified atom stereocenters. The van der Waals surface area contributed by atoms with Crippen LogP contribution in [0, 0.1) is 0 Å². The van der Waals surface area contributed by atoms with Crippen molar-refractivity contribution in [1.82, 2.24) is 0 Å². The van der Waals surface area contributed by atoms with Crippen LogP contribution in [0.2, 0.25) is 0 Å². The molecular formula is C16H25NO2. The lowest BCUT2D eigenvalue weighted by Crippen LogP contribution is -2.28. The SMILES string of the molecule is CC(C)(C)c1ccc(C2(CCCN)OCCO2)cc1. The van der Waals surface area contributed by atoms with Gasteiger partial charge in [-0.3, -0.25) is 0 Å². The van der Waals surface area contributed by atoms with Gasteiger partial charge < -0.3 is 15.2 Å². The fourth-order valence-corrected chi connectivity index (χ4v) is 2.47. The van der Waals surface area contributed by atoms with Gasteiger partial charge in [-0.15, -0.1) is 0 Å². The second kappa shape index (κ2) is 5.61. The topological polar surface area (TPSA) is 44.5 Å². The van der Waals surface area contributed by atoms with Crippen LogP contribution < -0.4 is 5.73 Å². The van der Waals surface area contributed by atoms with Crippen LogP contribution in [-0.4, -0.2) is 19.8 Å². The van der Waals surface area contributed by atoms with Crippen molar-refractivity contribution >= 4 is 0 Å². The molecule has 1 aliphatic rings. The maximum atomic E-state index is 5.88. The van der Waals surface area contributed by atoms with E-state index in [9.17, 15) is 0 Å². The molecule has 1 fully saturated rings. The van der Waals surface area contributed by atoms with Gasteiger partial charge in [-0.05, 0) is 23.9 Å². The van der Waals surface area contributed by atoms with Crippen molar-refractivity contribution in [2.45, 2.75) is 44.8 Å². The van der Waals surface area contributed by atoms with Gasteiger partial charge in [-0.2, -0.15) is 0 Å². The van der Waals surface area contributed by atoms with Crippen LogP contribution in [0.4, 0.5) is 0 Å². The van der Waals surface area contributed by atoms with E-state index in [0.29, 0.717) is 19.8 Å². The predicted octanol–water partition coefficient (Wildman–Crippen LogP) is 2.92. The zero-order valence-electron chi connectivity index (χ0n) is 12.2. The summed E-state index contributed by atoms with van der Waals surface area (Å²) in [5.74, 6) is -0.574. The Labute approximate surface area is 116 Å². The summed E-state index contributed by atoms with van der Waals surface area (Å²) in [6, 6.07) is 8.60. The lowest BCUT2D eigenvalue weighted by Gasteiger charge is -2.29. The second-order valence-electron chi connectivity index (χ2n) is 6.17. The van der Waals surface area contributed by atoms with Gasteiger partial charge in [-0.1, -0.05) is 45.0 Å². The molecule has 19 heavy (non-hydrogen) atoms. The average Bonchev–Trinajstić information content (AvgIpc) is 2.85. The first-order valence-electron chi connectivity index (χ1n) is 7.07. The molecule has 0 saturated carbocycles. The van der Waals surface area contributed by atoms with Crippen molar-refractivity contribution < 1.29 is 9.47 Å². The Morgan fingerprint density at radius 2 is 1.68 bits per heavy atom. The summed E-state index contributed by atoms with van der Waals surface area (Å²) in [6.45, 7) is 8.63. The Morgan fingerprint density at radius 1 is 1.11 bits per heavy atom. The highest BCUT2D eigenvalue weighted by atomic mass is 16.7. The first kappa shape index (κ1) is 14.5. The van der Waals surface area contributed by atoms with Gasteiger partial charge in [0.25, 0.3) is 0 Å². The third-order valence-electron chi connectivity index (χ3n) is 3.65. The summed E-state index contributed by atoms with van der Waals surface area (Å²) in [7, 11) is 0. The monoisotopic (exact) mass is 263 g/mol. The maximum Gasteiger partial charge on any atom is 0.195 e. The zero-order chi connectivity index (χ0) is 13.9. The van der Waals surface area contributed by atoms with Crippen LogP contribution in [0.5, 0.6) is 0 Å². The molecule has 3 heteroatoms. The average molecular weight is 263 g/mol. The van der Waals surface area contributed by atoms with Gasteiger partial charge in [0.2, 0.25) is 0 Å². The number of hydrogen-bond donors (Lipinski definition) is 1. The molecule has 0 aliphatic carbocycles. The first-order chi connectivity index (χ1) is 8.98. The lowest BCUT2D eigenvalue weighted by molar-refractivity contribution is -0.171. The summed E-state index contributed by atoms with van der Waals surface area (Å²) < 4.78 is 11.8. The summed E-state index contributed by atoms with van der Waals surface area (Å²) in [5.41, 5.74) is 8.21. The van der Waals surface area contributed by atoms with Crippen molar-refractivity contribution in [3.63, 3.8) is 0 Å². The van der Waals surface area contributed by atoms with Crippen molar-refractivity contribution in [2.75, 3.05) is 19.8 Å². The lowest BCUT2D eigenvalue weighted by atomic mass is 9.86. The largest absolute Gasteiger partial charge is 0.343 e. The van der Waals surface area contributed by atoms with E-state index in [0.717, 1.165) is 18.4 Å². The maximum absolute atomic E-state index is 5.88. The van der Waals surface area contributed by atoms with E-state index in [1.54, 1.807) is 0 Å². The molecule has 3 nitrogen and oxygen atoms in total. The molecule has 2 rings (SSSR count). The number of rotatable bonds is 4. The smallest absolute Gasteiger partial charge is 0.195 e. The van der Waals surface area contributed by atoms with Gasteiger partial charge in [0.15, 0.2) is 5.79 Å². The summed E-state index contributed by atoms with van der Waals surface area (Å²) >= 11 is 0. The summed E-state index contributed by atoms with van der Waals surface area (Å²) in [6.07, 6.45) is 1.72. The van der Waals surface area contributed by atoms with E-state index in [1.165, 1.54) is 5.56 Å². The molecule has 0 spiro atoms. The molecule has 106 valence electrons. The van der Waals surface area contributed by atoms with Crippen molar-refractivity contribution in [3.8, 4) is 0 Å². The molecule has 1 aliphatic heterocycles. The van der Waals surface area contributed by atoms with Crippen LogP contribution in [0.3, 0.4) is 0 Å². The Morgan fingerprint density at radius 3 is 2.16 bits per heavy atom. The fourth-order valence-electron chi connectivity index (χ4n) is 2.47. The molecular weight excluding hydrogens is 238 g/mol. The van der Waals surface area contributed by atoms with Crippen molar-refractivity contribution in [2.24, 2.45) is 5.73 Å². The number of benzene rings is 1. The van der Waals surface area contributed by atoms with Crippen molar-refractivity contribution in [3.05, 3.63) is 35.4 Å². The second-order valence-corrected chi connectivity index (χ2v) is 6.17. The van der Waals surface area contributed by atoms with Gasteiger partial charge in [0.05, 0.1) is 13.2 Å². The standard InChI is InChI=1S/C16H25NO2/c1-15(2,3)13-5-7-14(8-6-13)16(9-4-10-17)18-11-12-19-16/h5-8H,4,9-12,17H2,1-3H3. The van der Waals surface area contributed by atoms with E-state index >= 15 is 0 Å². The molecule has 1 saturated heterocycles. The van der Waals surface area contributed by atoms with Gasteiger partial charge >= 0.3 is 0 Å². The van der Waals surface area contributed by atoms with Crippen LogP contribution in [0.15, 0.2) is 24.3 Å². The van der Waals surface area contributed by atoms with Crippen LogP contribution in [-0.2, 0) is 20.7 Å².